The summed E-state index contributed by atoms with van der Waals surface area (Å²) in [5.74, 6) is 0.177. The number of hydrogen-bond donors (Lipinski definition) is 2. The van der Waals surface area contributed by atoms with Crippen LogP contribution in [0, 0.1) is 11.3 Å². The van der Waals surface area contributed by atoms with Crippen LogP contribution in [0.15, 0.2) is 48.9 Å². The molecule has 0 aliphatic carbocycles. The smallest absolute Gasteiger partial charge is 0.252 e. The van der Waals surface area contributed by atoms with Crippen molar-refractivity contribution in [3.8, 4) is 17.3 Å². The second-order valence-corrected chi connectivity index (χ2v) is 5.21. The van der Waals surface area contributed by atoms with Crippen molar-refractivity contribution >= 4 is 17.5 Å². The van der Waals surface area contributed by atoms with E-state index in [9.17, 15) is 4.79 Å². The van der Waals surface area contributed by atoms with Crippen molar-refractivity contribution in [2.24, 2.45) is 7.05 Å². The molecular weight excluding hydrogens is 318 g/mol. The van der Waals surface area contributed by atoms with Crippen LogP contribution in [0.1, 0.15) is 10.4 Å². The molecule has 1 aromatic carbocycles. The molecule has 0 unspecified atom stereocenters. The molecule has 0 radical (unpaired) electrons. The maximum absolute atomic E-state index is 11.8. The first kappa shape index (κ1) is 16.1. The van der Waals surface area contributed by atoms with Crippen LogP contribution in [0.2, 0.25) is 0 Å². The fourth-order valence-corrected chi connectivity index (χ4v) is 2.21. The molecule has 0 spiro atoms. The van der Waals surface area contributed by atoms with Crippen LogP contribution in [0.3, 0.4) is 0 Å². The van der Waals surface area contributed by atoms with Gasteiger partial charge in [-0.05, 0) is 18.2 Å². The van der Waals surface area contributed by atoms with Gasteiger partial charge in [0, 0.05) is 30.6 Å². The Labute approximate surface area is 144 Å². The monoisotopic (exact) mass is 333 g/mol. The number of nitrogens with zero attached hydrogens (tertiary/aromatic N) is 5. The number of aryl methyl sites for hydroxylation is 1. The number of hydrogen-bond acceptors (Lipinski definition) is 6. The molecular formula is C17H15N7O. The Kier molecular flexibility index (Phi) is 4.67. The third-order valence-electron chi connectivity index (χ3n) is 3.39. The molecule has 8 heteroatoms. The number of aromatic nitrogens is 4. The molecule has 0 atom stereocenters. The van der Waals surface area contributed by atoms with Gasteiger partial charge in [-0.15, -0.1) is 0 Å². The van der Waals surface area contributed by atoms with Gasteiger partial charge in [-0.1, -0.05) is 12.1 Å². The topological polar surface area (TPSA) is 109 Å². The summed E-state index contributed by atoms with van der Waals surface area (Å²) in [6, 6.07) is 10.7. The Hall–Kier alpha value is -3.73. The summed E-state index contributed by atoms with van der Waals surface area (Å²) >= 11 is 0. The second kappa shape index (κ2) is 7.23. The highest BCUT2D eigenvalue weighted by Crippen LogP contribution is 2.19. The van der Waals surface area contributed by atoms with Crippen molar-refractivity contribution in [2.75, 3.05) is 11.9 Å². The Morgan fingerprint density at radius 1 is 1.28 bits per heavy atom. The van der Waals surface area contributed by atoms with Crippen LogP contribution in [-0.2, 0) is 7.05 Å². The van der Waals surface area contributed by atoms with E-state index in [-0.39, 0.29) is 12.5 Å². The first-order valence-electron chi connectivity index (χ1n) is 7.50. The molecule has 2 heterocycles. The quantitative estimate of drug-likeness (QED) is 0.690. The Morgan fingerprint density at radius 3 is 2.76 bits per heavy atom. The number of rotatable bonds is 5. The van der Waals surface area contributed by atoms with Crippen LogP contribution < -0.4 is 10.6 Å². The van der Waals surface area contributed by atoms with Crippen LogP contribution >= 0.6 is 0 Å². The van der Waals surface area contributed by atoms with Gasteiger partial charge in [0.2, 0.25) is 5.95 Å². The van der Waals surface area contributed by atoms with E-state index in [1.165, 1.54) is 0 Å². The van der Waals surface area contributed by atoms with Crippen molar-refractivity contribution in [3.63, 3.8) is 0 Å². The molecule has 0 saturated carbocycles. The fourth-order valence-electron chi connectivity index (χ4n) is 2.21. The largest absolute Gasteiger partial charge is 0.339 e. The zero-order chi connectivity index (χ0) is 17.6. The molecule has 0 bridgehead atoms. The molecule has 3 aromatic rings. The van der Waals surface area contributed by atoms with Crippen LogP contribution in [-0.4, -0.2) is 32.2 Å². The van der Waals surface area contributed by atoms with E-state index in [4.69, 9.17) is 5.26 Å². The molecule has 25 heavy (non-hydrogen) atoms. The van der Waals surface area contributed by atoms with Gasteiger partial charge in [0.15, 0.2) is 0 Å². The molecule has 0 saturated heterocycles. The lowest BCUT2D eigenvalue weighted by atomic mass is 10.1. The van der Waals surface area contributed by atoms with Gasteiger partial charge in [-0.2, -0.15) is 10.4 Å². The van der Waals surface area contributed by atoms with E-state index in [0.717, 1.165) is 16.9 Å². The third-order valence-corrected chi connectivity index (χ3v) is 3.39. The standard InChI is InChI=1S/C17H15N7O/c1-24-11-14(10-21-24)22-17-20-8-6-15(23-17)12-2-4-13(5-3-12)16(25)19-9-7-18/h2-6,8,10-11H,9H2,1H3,(H,19,25)(H,20,22,23). The molecule has 0 aliphatic heterocycles. The first-order chi connectivity index (χ1) is 12.2. The van der Waals surface area contributed by atoms with Crippen molar-refractivity contribution in [1.29, 1.82) is 5.26 Å². The number of nitrogens with one attached hydrogen (secondary N) is 2. The van der Waals surface area contributed by atoms with Gasteiger partial charge < -0.3 is 10.6 Å². The molecule has 0 aliphatic rings. The Morgan fingerprint density at radius 2 is 2.08 bits per heavy atom. The zero-order valence-electron chi connectivity index (χ0n) is 13.5. The zero-order valence-corrected chi connectivity index (χ0v) is 13.5. The normalized spacial score (nSPS) is 10.1. The summed E-state index contributed by atoms with van der Waals surface area (Å²) in [4.78, 5) is 20.5. The minimum absolute atomic E-state index is 0.0180. The lowest BCUT2D eigenvalue weighted by molar-refractivity contribution is 0.0958. The Balaban J connectivity index is 1.76. The third kappa shape index (κ3) is 3.97. The highest BCUT2D eigenvalue weighted by Gasteiger charge is 2.07. The van der Waals surface area contributed by atoms with E-state index in [0.29, 0.717) is 11.5 Å². The summed E-state index contributed by atoms with van der Waals surface area (Å²) < 4.78 is 1.68. The number of nitriles is 1. The molecule has 0 fully saturated rings. The molecule has 2 N–H and O–H groups in total. The fraction of sp³-hybridized carbons (Fsp3) is 0.118. The molecule has 3 rings (SSSR count). The molecule has 1 amide bonds. The Bertz CT molecular complexity index is 925. The van der Waals surface area contributed by atoms with E-state index in [2.05, 4.69) is 25.7 Å². The van der Waals surface area contributed by atoms with Crippen molar-refractivity contribution in [1.82, 2.24) is 25.1 Å². The highest BCUT2D eigenvalue weighted by molar-refractivity contribution is 5.94. The summed E-state index contributed by atoms with van der Waals surface area (Å²) in [5.41, 5.74) is 2.87. The maximum Gasteiger partial charge on any atom is 0.252 e. The van der Waals surface area contributed by atoms with E-state index < -0.39 is 0 Å². The van der Waals surface area contributed by atoms with Crippen LogP contribution in [0.4, 0.5) is 11.6 Å². The SMILES string of the molecule is Cn1cc(Nc2nccc(-c3ccc(C(=O)NCC#N)cc3)n2)cn1. The van der Waals surface area contributed by atoms with E-state index in [1.807, 2.05) is 19.3 Å². The van der Waals surface area contributed by atoms with Crippen molar-refractivity contribution in [2.45, 2.75) is 0 Å². The number of anilines is 2. The average Bonchev–Trinajstić information content (AvgIpc) is 3.05. The second-order valence-electron chi connectivity index (χ2n) is 5.21. The lowest BCUT2D eigenvalue weighted by Gasteiger charge is -2.06. The number of amides is 1. The van der Waals surface area contributed by atoms with Gasteiger partial charge in [0.05, 0.1) is 23.6 Å². The van der Waals surface area contributed by atoms with E-state index in [1.54, 1.807) is 47.4 Å². The lowest BCUT2D eigenvalue weighted by Crippen LogP contribution is -2.23. The van der Waals surface area contributed by atoms with Gasteiger partial charge >= 0.3 is 0 Å². The predicted molar refractivity (Wildman–Crippen MR) is 91.9 cm³/mol. The van der Waals surface area contributed by atoms with Gasteiger partial charge in [0.25, 0.3) is 5.91 Å². The summed E-state index contributed by atoms with van der Waals surface area (Å²) in [5, 5.41) is 18.2. The predicted octanol–water partition coefficient (Wildman–Crippen LogP) is 1.87. The van der Waals surface area contributed by atoms with Gasteiger partial charge in [-0.25, -0.2) is 9.97 Å². The van der Waals surface area contributed by atoms with Gasteiger partial charge in [-0.3, -0.25) is 9.48 Å². The van der Waals surface area contributed by atoms with Crippen LogP contribution in [0.5, 0.6) is 0 Å². The summed E-state index contributed by atoms with van der Waals surface area (Å²) in [6.07, 6.45) is 5.17. The minimum Gasteiger partial charge on any atom is -0.339 e. The number of benzene rings is 1. The molecule has 8 nitrogen and oxygen atoms in total. The molecule has 2 aromatic heterocycles. The maximum atomic E-state index is 11.8. The minimum atomic E-state index is -0.283. The average molecular weight is 333 g/mol. The number of carbonyl (C=O) groups is 1. The highest BCUT2D eigenvalue weighted by atomic mass is 16.1. The van der Waals surface area contributed by atoms with Crippen molar-refractivity contribution < 1.29 is 4.79 Å². The van der Waals surface area contributed by atoms with Gasteiger partial charge in [0.1, 0.15) is 6.54 Å². The summed E-state index contributed by atoms with van der Waals surface area (Å²) in [7, 11) is 1.83. The number of carbonyl (C=O) groups excluding carboxylic acids is 1. The molecule has 124 valence electrons. The first-order valence-corrected chi connectivity index (χ1v) is 7.50. The van der Waals surface area contributed by atoms with E-state index >= 15 is 0 Å². The van der Waals surface area contributed by atoms with Crippen LogP contribution in [0.25, 0.3) is 11.3 Å². The van der Waals surface area contributed by atoms with Crippen molar-refractivity contribution in [3.05, 3.63) is 54.5 Å². The summed E-state index contributed by atoms with van der Waals surface area (Å²) in [6.45, 7) is -0.0180.